The summed E-state index contributed by atoms with van der Waals surface area (Å²) in [6.45, 7) is 3.22. The van der Waals surface area contributed by atoms with Gasteiger partial charge in [0.05, 0.1) is 17.6 Å². The standard InChI is InChI=1S/C26H31N3O2/c1-30-25-19-24-23(20-27-29(24)22-12-6-3-7-13-22)26(31-25)14-17-28(18-15-26)16-8-11-21-9-4-2-5-10-21/h2-7,9-10,12-13,20,25H,8,11,14-19H2,1H3. The maximum atomic E-state index is 6.56. The first-order valence-electron chi connectivity index (χ1n) is 11.4. The monoisotopic (exact) mass is 417 g/mol. The maximum absolute atomic E-state index is 6.56. The van der Waals surface area contributed by atoms with Gasteiger partial charge in [-0.15, -0.1) is 0 Å². The van der Waals surface area contributed by atoms with Crippen LogP contribution in [0.15, 0.2) is 66.9 Å². The molecule has 1 saturated heterocycles. The highest BCUT2D eigenvalue weighted by Gasteiger charge is 2.45. The van der Waals surface area contributed by atoms with Crippen molar-refractivity contribution >= 4 is 0 Å². The second kappa shape index (κ2) is 8.95. The highest BCUT2D eigenvalue weighted by molar-refractivity contribution is 5.38. The van der Waals surface area contributed by atoms with Crippen LogP contribution in [0, 0.1) is 0 Å². The Morgan fingerprint density at radius 1 is 1.03 bits per heavy atom. The Morgan fingerprint density at radius 3 is 2.45 bits per heavy atom. The van der Waals surface area contributed by atoms with E-state index in [0.717, 1.165) is 51.0 Å². The van der Waals surface area contributed by atoms with E-state index in [1.54, 1.807) is 7.11 Å². The largest absolute Gasteiger partial charge is 0.355 e. The second-order valence-electron chi connectivity index (χ2n) is 8.66. The molecular formula is C26H31N3O2. The third-order valence-corrected chi connectivity index (χ3v) is 6.79. The lowest BCUT2D eigenvalue weighted by Crippen LogP contribution is -2.49. The van der Waals surface area contributed by atoms with E-state index in [1.807, 2.05) is 12.3 Å². The van der Waals surface area contributed by atoms with Gasteiger partial charge >= 0.3 is 0 Å². The van der Waals surface area contributed by atoms with Crippen LogP contribution in [-0.4, -0.2) is 47.7 Å². The van der Waals surface area contributed by atoms with Crippen molar-refractivity contribution in [3.05, 3.63) is 83.7 Å². The van der Waals surface area contributed by atoms with Gasteiger partial charge in [0.15, 0.2) is 6.29 Å². The quantitative estimate of drug-likeness (QED) is 0.598. The molecule has 0 saturated carbocycles. The van der Waals surface area contributed by atoms with Crippen LogP contribution in [0.25, 0.3) is 5.69 Å². The molecule has 5 heteroatoms. The van der Waals surface area contributed by atoms with Crippen molar-refractivity contribution in [3.63, 3.8) is 0 Å². The number of aryl methyl sites for hydroxylation is 1. The van der Waals surface area contributed by atoms with Crippen LogP contribution < -0.4 is 0 Å². The van der Waals surface area contributed by atoms with E-state index in [4.69, 9.17) is 14.6 Å². The fraction of sp³-hybridized carbons (Fsp3) is 0.423. The first-order chi connectivity index (χ1) is 15.3. The molecule has 2 aliphatic rings. The summed E-state index contributed by atoms with van der Waals surface area (Å²) < 4.78 is 14.3. The molecule has 0 N–H and O–H groups in total. The van der Waals surface area contributed by atoms with Crippen molar-refractivity contribution in [2.45, 2.75) is 44.0 Å². The average Bonchev–Trinajstić information content (AvgIpc) is 3.27. The highest BCUT2D eigenvalue weighted by atomic mass is 16.7. The molecular weight excluding hydrogens is 386 g/mol. The molecule has 1 atom stereocenters. The third-order valence-electron chi connectivity index (χ3n) is 6.79. The molecule has 1 spiro atoms. The minimum Gasteiger partial charge on any atom is -0.355 e. The van der Waals surface area contributed by atoms with Crippen LogP contribution in [0.4, 0.5) is 0 Å². The number of para-hydroxylation sites is 1. The topological polar surface area (TPSA) is 39.5 Å². The van der Waals surface area contributed by atoms with Crippen molar-refractivity contribution in [2.24, 2.45) is 0 Å². The Hall–Kier alpha value is -2.47. The molecule has 0 aliphatic carbocycles. The number of aromatic nitrogens is 2. The minimum atomic E-state index is -0.294. The van der Waals surface area contributed by atoms with Crippen LogP contribution >= 0.6 is 0 Å². The lowest BCUT2D eigenvalue weighted by atomic mass is 9.82. The maximum Gasteiger partial charge on any atom is 0.163 e. The Bertz CT molecular complexity index is 978. The fourth-order valence-electron chi connectivity index (χ4n) is 5.07. The number of hydrogen-bond donors (Lipinski definition) is 0. The molecule has 162 valence electrons. The lowest BCUT2D eigenvalue weighted by molar-refractivity contribution is -0.227. The summed E-state index contributed by atoms with van der Waals surface area (Å²) in [5.74, 6) is 0. The molecule has 1 fully saturated rings. The normalized spacial score (nSPS) is 20.6. The number of nitrogens with zero attached hydrogens (tertiary/aromatic N) is 3. The lowest BCUT2D eigenvalue weighted by Gasteiger charge is -2.45. The minimum absolute atomic E-state index is 0.226. The van der Waals surface area contributed by atoms with Gasteiger partial charge in [0.2, 0.25) is 0 Å². The fourth-order valence-corrected chi connectivity index (χ4v) is 5.07. The molecule has 3 aromatic rings. The summed E-state index contributed by atoms with van der Waals surface area (Å²) >= 11 is 0. The third kappa shape index (κ3) is 4.18. The molecule has 1 aromatic heterocycles. The van der Waals surface area contributed by atoms with Gasteiger partial charge in [-0.05, 0) is 49.9 Å². The zero-order chi connectivity index (χ0) is 21.1. The van der Waals surface area contributed by atoms with Crippen LogP contribution in [-0.2, 0) is 27.9 Å². The average molecular weight is 418 g/mol. The van der Waals surface area contributed by atoms with Crippen molar-refractivity contribution in [1.82, 2.24) is 14.7 Å². The summed E-state index contributed by atoms with van der Waals surface area (Å²) in [5.41, 5.74) is 4.69. The van der Waals surface area contributed by atoms with E-state index in [-0.39, 0.29) is 11.9 Å². The zero-order valence-electron chi connectivity index (χ0n) is 18.2. The number of fused-ring (bicyclic) bond motifs is 2. The molecule has 0 bridgehead atoms. The Labute approximate surface area is 184 Å². The van der Waals surface area contributed by atoms with Gasteiger partial charge in [0.25, 0.3) is 0 Å². The Morgan fingerprint density at radius 2 is 1.74 bits per heavy atom. The van der Waals surface area contributed by atoms with Gasteiger partial charge in [-0.1, -0.05) is 48.5 Å². The van der Waals surface area contributed by atoms with Crippen molar-refractivity contribution in [1.29, 1.82) is 0 Å². The van der Waals surface area contributed by atoms with Gasteiger partial charge in [-0.25, -0.2) is 4.68 Å². The second-order valence-corrected chi connectivity index (χ2v) is 8.66. The Kier molecular flexibility index (Phi) is 5.90. The van der Waals surface area contributed by atoms with Gasteiger partial charge in [0.1, 0.15) is 5.60 Å². The molecule has 31 heavy (non-hydrogen) atoms. The number of piperidine rings is 1. The van der Waals surface area contributed by atoms with Crippen LogP contribution in [0.2, 0.25) is 0 Å². The molecule has 3 heterocycles. The molecule has 5 rings (SSSR count). The van der Waals surface area contributed by atoms with E-state index in [0.29, 0.717) is 0 Å². The number of likely N-dealkylation sites (tertiary alicyclic amines) is 1. The smallest absolute Gasteiger partial charge is 0.163 e. The van der Waals surface area contributed by atoms with E-state index < -0.39 is 0 Å². The number of methoxy groups -OCH3 is 1. The van der Waals surface area contributed by atoms with Gasteiger partial charge in [-0.2, -0.15) is 5.10 Å². The molecule has 1 unspecified atom stereocenters. The molecule has 2 aliphatic heterocycles. The van der Waals surface area contributed by atoms with Crippen molar-refractivity contribution < 1.29 is 9.47 Å². The van der Waals surface area contributed by atoms with Crippen LogP contribution in [0.5, 0.6) is 0 Å². The summed E-state index contributed by atoms with van der Waals surface area (Å²) in [6.07, 6.45) is 6.81. The highest BCUT2D eigenvalue weighted by Crippen LogP contribution is 2.44. The van der Waals surface area contributed by atoms with E-state index in [2.05, 4.69) is 64.2 Å². The SMILES string of the molecule is COC1Cc2c(cnn2-c2ccccc2)C2(CCN(CCCc3ccccc3)CC2)O1. The van der Waals surface area contributed by atoms with Gasteiger partial charge in [0, 0.05) is 32.2 Å². The molecule has 0 radical (unpaired) electrons. The van der Waals surface area contributed by atoms with Gasteiger partial charge in [-0.3, -0.25) is 0 Å². The molecule has 2 aromatic carbocycles. The van der Waals surface area contributed by atoms with E-state index in [9.17, 15) is 0 Å². The first-order valence-corrected chi connectivity index (χ1v) is 11.4. The summed E-state index contributed by atoms with van der Waals surface area (Å²) in [7, 11) is 1.74. The number of hydrogen-bond acceptors (Lipinski definition) is 4. The first kappa shape index (κ1) is 20.4. The number of ether oxygens (including phenoxy) is 2. The van der Waals surface area contributed by atoms with Crippen LogP contribution in [0.3, 0.4) is 0 Å². The van der Waals surface area contributed by atoms with E-state index in [1.165, 1.54) is 23.2 Å². The number of rotatable bonds is 6. The number of benzene rings is 2. The van der Waals surface area contributed by atoms with E-state index >= 15 is 0 Å². The molecule has 5 nitrogen and oxygen atoms in total. The van der Waals surface area contributed by atoms with Gasteiger partial charge < -0.3 is 14.4 Å². The predicted octanol–water partition coefficient (Wildman–Crippen LogP) is 4.34. The summed E-state index contributed by atoms with van der Waals surface area (Å²) in [6, 6.07) is 21.1. The Balaban J connectivity index is 1.29. The predicted molar refractivity (Wildman–Crippen MR) is 121 cm³/mol. The van der Waals surface area contributed by atoms with Crippen LogP contribution in [0.1, 0.15) is 36.1 Å². The van der Waals surface area contributed by atoms with Crippen molar-refractivity contribution in [3.8, 4) is 5.69 Å². The zero-order valence-corrected chi connectivity index (χ0v) is 18.2. The van der Waals surface area contributed by atoms with Crippen molar-refractivity contribution in [2.75, 3.05) is 26.7 Å². The summed E-state index contributed by atoms with van der Waals surface area (Å²) in [5, 5.41) is 4.76. The molecule has 0 amide bonds. The summed E-state index contributed by atoms with van der Waals surface area (Å²) in [4.78, 5) is 2.58.